The Bertz CT molecular complexity index is 1070. The minimum Gasteiger partial charge on any atom is -0.465 e. The van der Waals surface area contributed by atoms with Gasteiger partial charge < -0.3 is 29.9 Å². The fourth-order valence-corrected chi connectivity index (χ4v) is 9.71. The predicted octanol–water partition coefficient (Wildman–Crippen LogP) is 5.05. The third-order valence-corrected chi connectivity index (χ3v) is 12.5. The lowest BCUT2D eigenvalue weighted by Gasteiger charge is -2.48. The van der Waals surface area contributed by atoms with Gasteiger partial charge in [-0.05, 0) is 93.8 Å². The van der Waals surface area contributed by atoms with Gasteiger partial charge in [0.2, 0.25) is 0 Å². The molecule has 14 atom stereocenters. The highest BCUT2D eigenvalue weighted by molar-refractivity contribution is 5.81. The van der Waals surface area contributed by atoms with E-state index >= 15 is 0 Å². The van der Waals surface area contributed by atoms with Gasteiger partial charge in [0, 0.05) is 30.8 Å². The summed E-state index contributed by atoms with van der Waals surface area (Å²) in [4.78, 5) is 26.1. The summed E-state index contributed by atoms with van der Waals surface area (Å²) < 4.78 is 12.2. The summed E-state index contributed by atoms with van der Waals surface area (Å²) in [6.45, 7) is 15.8. The van der Waals surface area contributed by atoms with Gasteiger partial charge in [0.1, 0.15) is 11.7 Å². The molecule has 8 nitrogen and oxygen atoms in total. The van der Waals surface area contributed by atoms with E-state index in [0.29, 0.717) is 25.7 Å². The molecule has 252 valence electrons. The number of esters is 1. The number of rotatable bonds is 10. The molecule has 4 aliphatic rings. The summed E-state index contributed by atoms with van der Waals surface area (Å²) in [7, 11) is 0. The van der Waals surface area contributed by atoms with Crippen LogP contribution in [0.1, 0.15) is 107 Å². The molecular formula is C36H60O8. The highest BCUT2D eigenvalue weighted by Crippen LogP contribution is 2.59. The van der Waals surface area contributed by atoms with E-state index in [4.69, 9.17) is 9.47 Å². The molecule has 1 heterocycles. The van der Waals surface area contributed by atoms with Crippen LogP contribution in [0.15, 0.2) is 11.6 Å². The van der Waals surface area contributed by atoms with Crippen LogP contribution in [-0.4, -0.2) is 69.0 Å². The molecule has 4 N–H and O–H groups in total. The smallest absolute Gasteiger partial charge is 0.314 e. The topological polar surface area (TPSA) is 134 Å². The summed E-state index contributed by atoms with van der Waals surface area (Å²) in [5, 5.41) is 44.2. The van der Waals surface area contributed by atoms with Crippen LogP contribution in [0, 0.1) is 58.7 Å². The molecule has 0 bridgehead atoms. The number of aliphatic hydroxyl groups is 4. The minimum absolute atomic E-state index is 0.0136. The van der Waals surface area contributed by atoms with E-state index in [1.807, 2.05) is 34.6 Å². The SMILES string of the molecule is CCCC(=O)[C@@H](C)[C@H]1O[C@@](O)([C@H](C)C(=O)OC[C@H](C)[C@H]2CC[C@]3(C)C[C@@H]4[C@H](CO)C[C@@H](O)[C@H]4[C@@](C)(O)C/C=C/23)[C@H](C)C[C@H]1C. The van der Waals surface area contributed by atoms with Crippen molar-refractivity contribution in [1.29, 1.82) is 0 Å². The first-order chi connectivity index (χ1) is 20.5. The van der Waals surface area contributed by atoms with Crippen molar-refractivity contribution in [2.45, 2.75) is 130 Å². The third-order valence-electron chi connectivity index (χ3n) is 12.5. The fourth-order valence-electron chi connectivity index (χ4n) is 9.71. The molecule has 1 saturated heterocycles. The summed E-state index contributed by atoms with van der Waals surface area (Å²) in [5.74, 6) is -3.65. The van der Waals surface area contributed by atoms with Gasteiger partial charge in [-0.15, -0.1) is 0 Å². The lowest BCUT2D eigenvalue weighted by molar-refractivity contribution is -0.318. The summed E-state index contributed by atoms with van der Waals surface area (Å²) in [6, 6.07) is 0. The number of hydrogen-bond acceptors (Lipinski definition) is 8. The second-order valence-electron chi connectivity index (χ2n) is 15.8. The molecule has 2 saturated carbocycles. The van der Waals surface area contributed by atoms with Gasteiger partial charge in [-0.25, -0.2) is 0 Å². The first-order valence-corrected chi connectivity index (χ1v) is 17.3. The molecule has 3 fully saturated rings. The van der Waals surface area contributed by atoms with Crippen LogP contribution in [0.5, 0.6) is 0 Å². The van der Waals surface area contributed by atoms with Crippen molar-refractivity contribution in [3.05, 3.63) is 11.6 Å². The number of ether oxygens (including phenoxy) is 2. The van der Waals surface area contributed by atoms with Crippen molar-refractivity contribution in [3.8, 4) is 0 Å². The predicted molar refractivity (Wildman–Crippen MR) is 168 cm³/mol. The lowest BCUT2D eigenvalue weighted by atomic mass is 9.64. The van der Waals surface area contributed by atoms with Gasteiger partial charge >= 0.3 is 5.97 Å². The molecular weight excluding hydrogens is 560 g/mol. The Kier molecular flexibility index (Phi) is 10.8. The second kappa shape index (κ2) is 13.4. The monoisotopic (exact) mass is 620 g/mol. The largest absolute Gasteiger partial charge is 0.465 e. The van der Waals surface area contributed by atoms with Gasteiger partial charge in [0.05, 0.1) is 24.4 Å². The van der Waals surface area contributed by atoms with Gasteiger partial charge in [0.15, 0.2) is 5.79 Å². The van der Waals surface area contributed by atoms with Crippen LogP contribution in [0.3, 0.4) is 0 Å². The molecule has 44 heavy (non-hydrogen) atoms. The zero-order valence-corrected chi connectivity index (χ0v) is 28.4. The maximum Gasteiger partial charge on any atom is 0.314 e. The average Bonchev–Trinajstić information content (AvgIpc) is 3.46. The highest BCUT2D eigenvalue weighted by Gasteiger charge is 2.56. The van der Waals surface area contributed by atoms with Crippen LogP contribution in [-0.2, 0) is 19.1 Å². The number of allylic oxidation sites excluding steroid dienone is 1. The number of Topliss-reactive ketones (excluding diaryl/α,β-unsaturated/α-hetero) is 1. The fraction of sp³-hybridized carbons (Fsp3) is 0.889. The van der Waals surface area contributed by atoms with Crippen molar-refractivity contribution in [2.75, 3.05) is 13.2 Å². The van der Waals surface area contributed by atoms with Crippen LogP contribution in [0.2, 0.25) is 0 Å². The highest BCUT2D eigenvalue weighted by atomic mass is 16.6. The standard InChI is InChI=1S/C36H60O8/c1-9-10-29(38)23(5)32-20(2)15-22(4)36(42,44-32)24(6)33(40)43-19-21(3)26-11-13-34(7)17-27-25(18-37)16-30(39)31(27)35(8,41)14-12-28(26)34/h12,20-27,30-32,37,39,41-42H,9-11,13-19H2,1-8H3/b28-12-/t20-,21+,22-,23-,24-,25+,26-,27-,30-,31+,32+,34-,35+,36-/m1/s1. The Labute approximate surface area is 265 Å². The molecule has 1 aliphatic heterocycles. The zero-order chi connectivity index (χ0) is 32.8. The van der Waals surface area contributed by atoms with E-state index in [1.54, 1.807) is 6.92 Å². The van der Waals surface area contributed by atoms with Crippen molar-refractivity contribution in [2.24, 2.45) is 58.7 Å². The van der Waals surface area contributed by atoms with Gasteiger partial charge in [-0.2, -0.15) is 0 Å². The Morgan fingerprint density at radius 3 is 2.45 bits per heavy atom. The number of carbonyl (C=O) groups excluding carboxylic acids is 2. The molecule has 0 amide bonds. The molecule has 8 heteroatoms. The summed E-state index contributed by atoms with van der Waals surface area (Å²) in [6.07, 6.45) is 6.65. The Morgan fingerprint density at radius 1 is 1.14 bits per heavy atom. The maximum atomic E-state index is 13.4. The number of hydrogen-bond donors (Lipinski definition) is 4. The number of fused-ring (bicyclic) bond motifs is 2. The molecule has 4 rings (SSSR count). The molecule has 3 aliphatic carbocycles. The Hall–Kier alpha value is -1.32. The van der Waals surface area contributed by atoms with E-state index < -0.39 is 35.5 Å². The molecule has 0 aromatic carbocycles. The van der Waals surface area contributed by atoms with E-state index in [9.17, 15) is 30.0 Å². The Balaban J connectivity index is 1.44. The molecule has 0 radical (unpaired) electrons. The zero-order valence-electron chi connectivity index (χ0n) is 28.4. The number of carbonyl (C=O) groups is 2. The van der Waals surface area contributed by atoms with Crippen LogP contribution < -0.4 is 0 Å². The van der Waals surface area contributed by atoms with Gasteiger partial charge in [-0.3, -0.25) is 9.59 Å². The van der Waals surface area contributed by atoms with Crippen molar-refractivity contribution in [3.63, 3.8) is 0 Å². The van der Waals surface area contributed by atoms with E-state index in [0.717, 1.165) is 25.7 Å². The van der Waals surface area contributed by atoms with Crippen molar-refractivity contribution >= 4 is 11.8 Å². The molecule has 0 spiro atoms. The van der Waals surface area contributed by atoms with Crippen LogP contribution in [0.25, 0.3) is 0 Å². The maximum absolute atomic E-state index is 13.4. The van der Waals surface area contributed by atoms with Crippen LogP contribution >= 0.6 is 0 Å². The van der Waals surface area contributed by atoms with Crippen molar-refractivity contribution in [1.82, 2.24) is 0 Å². The molecule has 0 aromatic rings. The quantitative estimate of drug-likeness (QED) is 0.197. The molecule has 0 aromatic heterocycles. The average molecular weight is 621 g/mol. The van der Waals surface area contributed by atoms with E-state index in [2.05, 4.69) is 19.9 Å². The number of aliphatic hydroxyl groups excluding tert-OH is 2. The minimum atomic E-state index is -1.72. The Morgan fingerprint density at radius 2 is 1.82 bits per heavy atom. The number of ketones is 1. The van der Waals surface area contributed by atoms with E-state index in [1.165, 1.54) is 5.57 Å². The summed E-state index contributed by atoms with van der Waals surface area (Å²) >= 11 is 0. The first kappa shape index (κ1) is 35.5. The summed E-state index contributed by atoms with van der Waals surface area (Å²) in [5.41, 5.74) is 0.114. The molecule has 0 unspecified atom stereocenters. The third kappa shape index (κ3) is 6.58. The normalized spacial score (nSPS) is 45.6. The van der Waals surface area contributed by atoms with Gasteiger partial charge in [-0.1, -0.05) is 53.2 Å². The van der Waals surface area contributed by atoms with Crippen LogP contribution in [0.4, 0.5) is 0 Å². The van der Waals surface area contributed by atoms with Crippen molar-refractivity contribution < 1.29 is 39.5 Å². The first-order valence-electron chi connectivity index (χ1n) is 17.3. The second-order valence-corrected chi connectivity index (χ2v) is 15.8. The van der Waals surface area contributed by atoms with Gasteiger partial charge in [0.25, 0.3) is 0 Å². The lowest BCUT2D eigenvalue weighted by Crippen LogP contribution is -2.57. The van der Waals surface area contributed by atoms with E-state index in [-0.39, 0.29) is 71.8 Å².